The molecule has 0 atom stereocenters. The van der Waals surface area contributed by atoms with Gasteiger partial charge >= 0.3 is 0 Å². The summed E-state index contributed by atoms with van der Waals surface area (Å²) in [5.74, 6) is 1.27. The quantitative estimate of drug-likeness (QED) is 0.355. The molecule has 0 radical (unpaired) electrons. The van der Waals surface area contributed by atoms with Gasteiger partial charge in [0, 0.05) is 74.5 Å². The van der Waals surface area contributed by atoms with Crippen molar-refractivity contribution >= 4 is 28.8 Å². The van der Waals surface area contributed by atoms with Crippen molar-refractivity contribution in [3.8, 4) is 5.75 Å². The first-order chi connectivity index (χ1) is 19.6. The first-order valence-corrected chi connectivity index (χ1v) is 14.4. The Morgan fingerprint density at radius 1 is 0.976 bits per heavy atom. The largest absolute Gasteiger partial charge is 0.495 e. The monoisotopic (exact) mass is 563 g/mol. The molecule has 2 aliphatic heterocycles. The predicted octanol–water partition coefficient (Wildman–Crippen LogP) is 4.86. The first-order valence-electron chi connectivity index (χ1n) is 14.4. The molecule has 5 rings (SSSR count). The molecule has 220 valence electrons. The number of methoxy groups -OCH3 is 1. The van der Waals surface area contributed by atoms with Gasteiger partial charge in [-0.3, -0.25) is 4.90 Å². The van der Waals surface area contributed by atoms with Crippen molar-refractivity contribution in [2.24, 2.45) is 0 Å². The average molecular weight is 564 g/mol. The van der Waals surface area contributed by atoms with Crippen LogP contribution < -0.4 is 20.3 Å². The number of aliphatic hydroxyl groups is 1. The minimum atomic E-state index is -1.15. The molecule has 2 fully saturated rings. The van der Waals surface area contributed by atoms with Gasteiger partial charge in [0.15, 0.2) is 0 Å². The summed E-state index contributed by atoms with van der Waals surface area (Å²) in [7, 11) is 3.91. The predicted molar refractivity (Wildman–Crippen MR) is 162 cm³/mol. The Hall–Kier alpha value is -3.47. The lowest BCUT2D eigenvalue weighted by atomic mass is 9.96. The lowest BCUT2D eigenvalue weighted by Crippen LogP contribution is -2.52. The smallest absolute Gasteiger partial charge is 0.229 e. The van der Waals surface area contributed by atoms with E-state index in [1.54, 1.807) is 39.3 Å². The number of nitrogens with one attached hydrogen (secondary N) is 2. The van der Waals surface area contributed by atoms with E-state index in [1.807, 2.05) is 6.07 Å². The summed E-state index contributed by atoms with van der Waals surface area (Å²) < 4.78 is 19.9. The number of hydrogen-bond donors (Lipinski definition) is 3. The SMILES string of the molecule is COc1cc(Nc2nccc(Nc3cc(F)ccc3C(C)(C)O)n2)c(C)cc1N1CCC(N2CCN(C)CC2)CC1. The molecule has 2 aliphatic rings. The molecule has 0 amide bonds. The third kappa shape index (κ3) is 6.89. The van der Waals surface area contributed by atoms with Crippen LogP contribution in [0.1, 0.15) is 37.8 Å². The maximum atomic E-state index is 14.0. The third-order valence-corrected chi connectivity index (χ3v) is 8.19. The fourth-order valence-electron chi connectivity index (χ4n) is 5.78. The average Bonchev–Trinajstić information content (AvgIpc) is 2.94. The highest BCUT2D eigenvalue weighted by molar-refractivity contribution is 5.71. The first kappa shape index (κ1) is 29.0. The van der Waals surface area contributed by atoms with E-state index in [1.165, 1.54) is 12.1 Å². The lowest BCUT2D eigenvalue weighted by molar-refractivity contribution is 0.0793. The van der Waals surface area contributed by atoms with E-state index in [0.29, 0.717) is 29.1 Å². The van der Waals surface area contributed by atoms with E-state index in [2.05, 4.69) is 55.3 Å². The molecule has 0 bridgehead atoms. The normalized spacial score (nSPS) is 17.5. The van der Waals surface area contributed by atoms with Crippen LogP contribution in [-0.2, 0) is 5.60 Å². The Balaban J connectivity index is 1.29. The van der Waals surface area contributed by atoms with E-state index in [0.717, 1.165) is 74.8 Å². The number of aryl methyl sites for hydroxylation is 1. The molecule has 0 spiro atoms. The zero-order chi connectivity index (χ0) is 29.1. The number of halogens is 1. The number of ether oxygens (including phenoxy) is 1. The maximum Gasteiger partial charge on any atom is 0.229 e. The van der Waals surface area contributed by atoms with Crippen LogP contribution in [0.25, 0.3) is 0 Å². The van der Waals surface area contributed by atoms with Crippen LogP contribution in [-0.4, -0.2) is 84.3 Å². The van der Waals surface area contributed by atoms with Crippen molar-refractivity contribution in [3.05, 3.63) is 59.5 Å². The summed E-state index contributed by atoms with van der Waals surface area (Å²) in [5.41, 5.74) is 2.86. The second kappa shape index (κ2) is 12.2. The zero-order valence-electron chi connectivity index (χ0n) is 24.7. The maximum absolute atomic E-state index is 14.0. The highest BCUT2D eigenvalue weighted by Crippen LogP contribution is 2.37. The number of benzene rings is 2. The number of piperazine rings is 1. The van der Waals surface area contributed by atoms with E-state index in [-0.39, 0.29) is 0 Å². The molecule has 10 heteroatoms. The van der Waals surface area contributed by atoms with Gasteiger partial charge in [0.25, 0.3) is 0 Å². The van der Waals surface area contributed by atoms with Gasteiger partial charge in [-0.1, -0.05) is 6.07 Å². The summed E-state index contributed by atoms with van der Waals surface area (Å²) in [4.78, 5) is 16.5. The van der Waals surface area contributed by atoms with E-state index < -0.39 is 11.4 Å². The van der Waals surface area contributed by atoms with Crippen molar-refractivity contribution < 1.29 is 14.2 Å². The Labute approximate surface area is 242 Å². The number of rotatable bonds is 8. The summed E-state index contributed by atoms with van der Waals surface area (Å²) in [6, 6.07) is 10.8. The molecule has 1 aromatic heterocycles. The number of nitrogens with zero attached hydrogens (tertiary/aromatic N) is 5. The van der Waals surface area contributed by atoms with Gasteiger partial charge in [0.05, 0.1) is 18.4 Å². The van der Waals surface area contributed by atoms with Crippen LogP contribution in [0.15, 0.2) is 42.6 Å². The second-order valence-corrected chi connectivity index (χ2v) is 11.7. The molecular formula is C31H42FN7O2. The molecular weight excluding hydrogens is 521 g/mol. The molecule has 0 aliphatic carbocycles. The van der Waals surface area contributed by atoms with Crippen molar-refractivity contribution in [1.82, 2.24) is 19.8 Å². The molecule has 3 aromatic rings. The summed E-state index contributed by atoms with van der Waals surface area (Å²) in [6.07, 6.45) is 3.94. The Kier molecular flexibility index (Phi) is 8.63. The number of anilines is 5. The van der Waals surface area contributed by atoms with Crippen LogP contribution in [0.5, 0.6) is 5.75 Å². The summed E-state index contributed by atoms with van der Waals surface area (Å²) in [6.45, 7) is 12.0. The van der Waals surface area contributed by atoms with Crippen LogP contribution >= 0.6 is 0 Å². The van der Waals surface area contributed by atoms with Crippen molar-refractivity contribution in [1.29, 1.82) is 0 Å². The van der Waals surface area contributed by atoms with Gasteiger partial charge in [-0.05, 0) is 70.5 Å². The fraction of sp³-hybridized carbons (Fsp3) is 0.484. The lowest BCUT2D eigenvalue weighted by Gasteiger charge is -2.42. The van der Waals surface area contributed by atoms with Crippen molar-refractivity contribution in [2.45, 2.75) is 45.3 Å². The summed E-state index contributed by atoms with van der Waals surface area (Å²) >= 11 is 0. The molecule has 41 heavy (non-hydrogen) atoms. The van der Waals surface area contributed by atoms with Crippen molar-refractivity contribution in [3.63, 3.8) is 0 Å². The highest BCUT2D eigenvalue weighted by atomic mass is 19.1. The molecule has 2 saturated heterocycles. The minimum Gasteiger partial charge on any atom is -0.495 e. The fourth-order valence-corrected chi connectivity index (χ4v) is 5.78. The number of piperidine rings is 1. The van der Waals surface area contributed by atoms with Gasteiger partial charge < -0.3 is 30.3 Å². The molecule has 2 aromatic carbocycles. The van der Waals surface area contributed by atoms with Gasteiger partial charge in [-0.2, -0.15) is 4.98 Å². The molecule has 9 nitrogen and oxygen atoms in total. The molecule has 0 unspecified atom stereocenters. The second-order valence-electron chi connectivity index (χ2n) is 11.7. The van der Waals surface area contributed by atoms with Gasteiger partial charge in [-0.25, -0.2) is 9.37 Å². The third-order valence-electron chi connectivity index (χ3n) is 8.19. The van der Waals surface area contributed by atoms with Crippen LogP contribution in [0.2, 0.25) is 0 Å². The Bertz CT molecular complexity index is 1350. The van der Waals surface area contributed by atoms with Crippen molar-refractivity contribution in [2.75, 3.05) is 69.0 Å². The van der Waals surface area contributed by atoms with Gasteiger partial charge in [0.1, 0.15) is 17.4 Å². The van der Waals surface area contributed by atoms with Gasteiger partial charge in [-0.15, -0.1) is 0 Å². The topological polar surface area (TPSA) is 89.0 Å². The van der Waals surface area contributed by atoms with Crippen LogP contribution in [0.4, 0.5) is 33.2 Å². The molecule has 3 N–H and O–H groups in total. The van der Waals surface area contributed by atoms with E-state index >= 15 is 0 Å². The standard InChI is InChI=1S/C31H42FN7O2/c1-21-18-27(39-12-9-23(10-13-39)38-16-14-37(4)15-17-38)28(41-5)20-25(21)35-30-33-11-8-29(36-30)34-26-19-22(32)6-7-24(26)31(2,3)40/h6-8,11,18-20,23,40H,9-10,12-17H2,1-5H3,(H2,33,34,35,36). The number of likely N-dealkylation sites (N-methyl/N-ethyl adjacent to an activating group) is 1. The van der Waals surface area contributed by atoms with Crippen LogP contribution in [0, 0.1) is 12.7 Å². The Morgan fingerprint density at radius 2 is 1.71 bits per heavy atom. The van der Waals surface area contributed by atoms with Crippen LogP contribution in [0.3, 0.4) is 0 Å². The van der Waals surface area contributed by atoms with E-state index in [4.69, 9.17) is 4.74 Å². The highest BCUT2D eigenvalue weighted by Gasteiger charge is 2.28. The Morgan fingerprint density at radius 3 is 2.39 bits per heavy atom. The number of hydrogen-bond acceptors (Lipinski definition) is 9. The molecule has 3 heterocycles. The van der Waals surface area contributed by atoms with Gasteiger partial charge in [0.2, 0.25) is 5.95 Å². The number of aromatic nitrogens is 2. The zero-order valence-corrected chi connectivity index (χ0v) is 24.7. The summed E-state index contributed by atoms with van der Waals surface area (Å²) in [5, 5.41) is 17.0. The minimum absolute atomic E-state index is 0.391. The van der Waals surface area contributed by atoms with E-state index in [9.17, 15) is 9.50 Å². The molecule has 0 saturated carbocycles.